The summed E-state index contributed by atoms with van der Waals surface area (Å²) in [7, 11) is 0. The molecule has 0 aliphatic rings. The summed E-state index contributed by atoms with van der Waals surface area (Å²) in [5.74, 6) is -0.813. The predicted octanol–water partition coefficient (Wildman–Crippen LogP) is 1.58. The molecular weight excluding hydrogens is 200 g/mol. The van der Waals surface area contributed by atoms with E-state index in [1.807, 2.05) is 20.8 Å². The number of rotatable bonds is 3. The minimum Gasteiger partial charge on any atom is -0.481 e. The van der Waals surface area contributed by atoms with Crippen LogP contribution in [0.2, 0.25) is 0 Å². The molecule has 1 aromatic heterocycles. The Morgan fingerprint density at radius 1 is 1.21 bits per heavy atom. The van der Waals surface area contributed by atoms with Gasteiger partial charge in [0.2, 0.25) is 0 Å². The summed E-state index contributed by atoms with van der Waals surface area (Å²) < 4.78 is 0. The van der Waals surface area contributed by atoms with E-state index in [1.54, 1.807) is 0 Å². The summed E-state index contributed by atoms with van der Waals surface area (Å²) in [5, 5.41) is 9.22. The van der Waals surface area contributed by atoms with Gasteiger partial charge in [0.05, 0.1) is 22.8 Å². The molecule has 76 valence electrons. The molecule has 1 heterocycles. The van der Waals surface area contributed by atoms with Gasteiger partial charge in [-0.2, -0.15) is 0 Å². The number of carbonyl (C=O) groups is 1. The molecule has 4 nitrogen and oxygen atoms in total. The lowest BCUT2D eigenvalue weighted by atomic mass is 10.3. The van der Waals surface area contributed by atoms with E-state index in [0.29, 0.717) is 5.03 Å². The van der Waals surface area contributed by atoms with Crippen molar-refractivity contribution in [1.82, 2.24) is 9.97 Å². The Morgan fingerprint density at radius 3 is 2.36 bits per heavy atom. The van der Waals surface area contributed by atoms with Crippen molar-refractivity contribution in [3.05, 3.63) is 17.1 Å². The molecule has 0 aliphatic heterocycles. The zero-order valence-electron chi connectivity index (χ0n) is 8.37. The van der Waals surface area contributed by atoms with Gasteiger partial charge in [-0.15, -0.1) is 0 Å². The average Bonchev–Trinajstić information content (AvgIpc) is 2.09. The standard InChI is InChI=1S/C9H12N2O2S/c1-5-6(2)11-9(7(3)10-5)14-4-8(12)13/h4H2,1-3H3,(H,12,13). The fourth-order valence-corrected chi connectivity index (χ4v) is 1.68. The summed E-state index contributed by atoms with van der Waals surface area (Å²) in [4.78, 5) is 18.9. The molecule has 1 N–H and O–H groups in total. The normalized spacial score (nSPS) is 10.2. The van der Waals surface area contributed by atoms with Gasteiger partial charge in [-0.3, -0.25) is 9.78 Å². The highest BCUT2D eigenvalue weighted by atomic mass is 32.2. The molecule has 5 heteroatoms. The van der Waals surface area contributed by atoms with E-state index < -0.39 is 5.97 Å². The molecule has 0 aromatic carbocycles. The fourth-order valence-electron chi connectivity index (χ4n) is 0.961. The minimum atomic E-state index is -0.838. The Kier molecular flexibility index (Phi) is 3.46. The number of nitrogens with zero attached hydrogens (tertiary/aromatic N) is 2. The average molecular weight is 212 g/mol. The molecule has 0 saturated heterocycles. The molecular formula is C9H12N2O2S. The third kappa shape index (κ3) is 2.70. The zero-order chi connectivity index (χ0) is 10.7. The molecule has 0 aliphatic carbocycles. The summed E-state index contributed by atoms with van der Waals surface area (Å²) >= 11 is 1.20. The number of thioether (sulfide) groups is 1. The Balaban J connectivity index is 2.87. The van der Waals surface area contributed by atoms with E-state index in [9.17, 15) is 4.79 Å². The number of carboxylic acids is 1. The van der Waals surface area contributed by atoms with E-state index in [2.05, 4.69) is 9.97 Å². The predicted molar refractivity (Wildman–Crippen MR) is 54.6 cm³/mol. The molecule has 0 bridgehead atoms. The van der Waals surface area contributed by atoms with Crippen molar-refractivity contribution in [3.8, 4) is 0 Å². The van der Waals surface area contributed by atoms with Gasteiger partial charge in [-0.05, 0) is 20.8 Å². The van der Waals surface area contributed by atoms with Crippen LogP contribution in [0.4, 0.5) is 0 Å². The number of aromatic nitrogens is 2. The highest BCUT2D eigenvalue weighted by molar-refractivity contribution is 7.99. The minimum absolute atomic E-state index is 0.0258. The SMILES string of the molecule is Cc1nc(C)c(SCC(=O)O)nc1C. The first-order valence-corrected chi connectivity index (χ1v) is 5.15. The van der Waals surface area contributed by atoms with Crippen LogP contribution in [-0.2, 0) is 4.79 Å². The highest BCUT2D eigenvalue weighted by Gasteiger charge is 2.07. The Bertz CT molecular complexity index is 366. The maximum atomic E-state index is 10.4. The van der Waals surface area contributed by atoms with Crippen molar-refractivity contribution in [2.75, 3.05) is 5.75 Å². The first kappa shape index (κ1) is 11.0. The molecule has 14 heavy (non-hydrogen) atoms. The van der Waals surface area contributed by atoms with Crippen molar-refractivity contribution >= 4 is 17.7 Å². The number of hydrogen-bond donors (Lipinski definition) is 1. The molecule has 0 amide bonds. The smallest absolute Gasteiger partial charge is 0.313 e. The quantitative estimate of drug-likeness (QED) is 0.771. The maximum absolute atomic E-state index is 10.4. The van der Waals surface area contributed by atoms with Crippen molar-refractivity contribution in [2.24, 2.45) is 0 Å². The van der Waals surface area contributed by atoms with Gasteiger partial charge in [0.25, 0.3) is 0 Å². The van der Waals surface area contributed by atoms with E-state index in [-0.39, 0.29) is 5.75 Å². The molecule has 0 saturated carbocycles. The lowest BCUT2D eigenvalue weighted by molar-refractivity contribution is -0.133. The number of aliphatic carboxylic acids is 1. The maximum Gasteiger partial charge on any atom is 0.313 e. The highest BCUT2D eigenvalue weighted by Crippen LogP contribution is 2.19. The van der Waals surface area contributed by atoms with Crippen molar-refractivity contribution in [2.45, 2.75) is 25.8 Å². The second kappa shape index (κ2) is 4.41. The first-order valence-electron chi connectivity index (χ1n) is 4.17. The van der Waals surface area contributed by atoms with Crippen LogP contribution in [0.3, 0.4) is 0 Å². The van der Waals surface area contributed by atoms with Crippen LogP contribution < -0.4 is 0 Å². The van der Waals surface area contributed by atoms with Crippen LogP contribution >= 0.6 is 11.8 Å². The van der Waals surface area contributed by atoms with Gasteiger partial charge in [0.1, 0.15) is 5.03 Å². The third-order valence-electron chi connectivity index (χ3n) is 1.77. The molecule has 0 unspecified atom stereocenters. The summed E-state index contributed by atoms with van der Waals surface area (Å²) in [6.07, 6.45) is 0. The lowest BCUT2D eigenvalue weighted by Crippen LogP contribution is -2.02. The second-order valence-electron chi connectivity index (χ2n) is 2.97. The van der Waals surface area contributed by atoms with E-state index in [1.165, 1.54) is 11.8 Å². The monoisotopic (exact) mass is 212 g/mol. The number of aryl methyl sites for hydroxylation is 3. The van der Waals surface area contributed by atoms with Gasteiger partial charge >= 0.3 is 5.97 Å². The lowest BCUT2D eigenvalue weighted by Gasteiger charge is -2.05. The van der Waals surface area contributed by atoms with Gasteiger partial charge in [-0.25, -0.2) is 4.98 Å². The van der Waals surface area contributed by atoms with Crippen LogP contribution in [-0.4, -0.2) is 26.8 Å². The van der Waals surface area contributed by atoms with Crippen LogP contribution in [0, 0.1) is 20.8 Å². The molecule has 0 fully saturated rings. The molecule has 0 spiro atoms. The Labute approximate surface area is 86.8 Å². The fraction of sp³-hybridized carbons (Fsp3) is 0.444. The van der Waals surface area contributed by atoms with Crippen molar-refractivity contribution in [3.63, 3.8) is 0 Å². The number of hydrogen-bond acceptors (Lipinski definition) is 4. The van der Waals surface area contributed by atoms with Gasteiger partial charge < -0.3 is 5.11 Å². The first-order chi connectivity index (χ1) is 6.50. The van der Waals surface area contributed by atoms with Crippen LogP contribution in [0.25, 0.3) is 0 Å². The van der Waals surface area contributed by atoms with Crippen molar-refractivity contribution < 1.29 is 9.90 Å². The number of carboxylic acid groups (broad SMARTS) is 1. The van der Waals surface area contributed by atoms with E-state index in [0.717, 1.165) is 17.1 Å². The largest absolute Gasteiger partial charge is 0.481 e. The van der Waals surface area contributed by atoms with E-state index >= 15 is 0 Å². The third-order valence-corrected chi connectivity index (χ3v) is 2.82. The van der Waals surface area contributed by atoms with Crippen LogP contribution in [0.15, 0.2) is 5.03 Å². The summed E-state index contributed by atoms with van der Waals surface area (Å²) in [6, 6.07) is 0. The zero-order valence-corrected chi connectivity index (χ0v) is 9.18. The Morgan fingerprint density at radius 2 is 1.79 bits per heavy atom. The summed E-state index contributed by atoms with van der Waals surface area (Å²) in [5.41, 5.74) is 2.53. The molecule has 0 atom stereocenters. The molecule has 1 aromatic rings. The van der Waals surface area contributed by atoms with Crippen molar-refractivity contribution in [1.29, 1.82) is 0 Å². The van der Waals surface area contributed by atoms with E-state index in [4.69, 9.17) is 5.11 Å². The van der Waals surface area contributed by atoms with Gasteiger partial charge in [-0.1, -0.05) is 11.8 Å². The second-order valence-corrected chi connectivity index (χ2v) is 3.93. The summed E-state index contributed by atoms with van der Waals surface area (Å²) in [6.45, 7) is 5.59. The van der Waals surface area contributed by atoms with Gasteiger partial charge in [0, 0.05) is 0 Å². The van der Waals surface area contributed by atoms with Crippen LogP contribution in [0.1, 0.15) is 17.1 Å². The van der Waals surface area contributed by atoms with Gasteiger partial charge in [0.15, 0.2) is 0 Å². The van der Waals surface area contributed by atoms with Crippen LogP contribution in [0.5, 0.6) is 0 Å². The molecule has 1 rings (SSSR count). The Hall–Kier alpha value is -1.10. The molecule has 0 radical (unpaired) electrons. The topological polar surface area (TPSA) is 63.1 Å².